The van der Waals surface area contributed by atoms with Crippen molar-refractivity contribution in [2.75, 3.05) is 11.9 Å². The highest BCUT2D eigenvalue weighted by Gasteiger charge is 2.07. The molecule has 0 aliphatic rings. The van der Waals surface area contributed by atoms with Crippen molar-refractivity contribution < 1.29 is 4.74 Å². The molecular formula is C19H23NO. The molecule has 0 unspecified atom stereocenters. The fourth-order valence-electron chi connectivity index (χ4n) is 2.29. The Hall–Kier alpha value is -2.22. The van der Waals surface area contributed by atoms with Gasteiger partial charge in [0.25, 0.3) is 0 Å². The van der Waals surface area contributed by atoms with Crippen LogP contribution in [0.4, 0.5) is 5.69 Å². The van der Waals surface area contributed by atoms with Crippen molar-refractivity contribution in [2.45, 2.75) is 26.3 Å². The third-order valence-electron chi connectivity index (χ3n) is 3.38. The second-order valence-electron chi connectivity index (χ2n) is 5.30. The summed E-state index contributed by atoms with van der Waals surface area (Å²) in [5.41, 5.74) is 3.67. The molecule has 2 aromatic rings. The topological polar surface area (TPSA) is 21.3 Å². The van der Waals surface area contributed by atoms with E-state index in [0.717, 1.165) is 17.9 Å². The summed E-state index contributed by atoms with van der Waals surface area (Å²) in [5, 5.41) is 3.52. The molecule has 2 heteroatoms. The Morgan fingerprint density at radius 2 is 1.81 bits per heavy atom. The lowest BCUT2D eigenvalue weighted by molar-refractivity contribution is 0.359. The Balaban J connectivity index is 2.11. The van der Waals surface area contributed by atoms with Crippen LogP contribution >= 0.6 is 0 Å². The lowest BCUT2D eigenvalue weighted by Gasteiger charge is -2.16. The molecule has 2 rings (SSSR count). The zero-order valence-corrected chi connectivity index (χ0v) is 12.8. The summed E-state index contributed by atoms with van der Waals surface area (Å²) in [6, 6.07) is 16.6. The van der Waals surface area contributed by atoms with Gasteiger partial charge in [0, 0.05) is 17.8 Å². The summed E-state index contributed by atoms with van der Waals surface area (Å²) in [6.45, 7) is 9.38. The SMILES string of the molecule is C=CCOc1ccccc1CNc1ccccc1C(C)C. The summed E-state index contributed by atoms with van der Waals surface area (Å²) < 4.78 is 5.69. The summed E-state index contributed by atoms with van der Waals surface area (Å²) >= 11 is 0. The second kappa shape index (κ2) is 7.53. The highest BCUT2D eigenvalue weighted by atomic mass is 16.5. The fraction of sp³-hybridized carbons (Fsp3) is 0.263. The lowest BCUT2D eigenvalue weighted by atomic mass is 10.0. The minimum Gasteiger partial charge on any atom is -0.489 e. The number of ether oxygens (including phenoxy) is 1. The fourth-order valence-corrected chi connectivity index (χ4v) is 2.29. The molecule has 0 aliphatic carbocycles. The van der Waals surface area contributed by atoms with Gasteiger partial charge in [-0.25, -0.2) is 0 Å². The number of para-hydroxylation sites is 2. The van der Waals surface area contributed by atoms with Crippen LogP contribution in [-0.2, 0) is 6.54 Å². The molecule has 0 spiro atoms. The number of benzene rings is 2. The summed E-state index contributed by atoms with van der Waals surface area (Å²) in [5.74, 6) is 1.41. The number of nitrogens with one attached hydrogen (secondary N) is 1. The van der Waals surface area contributed by atoms with E-state index in [9.17, 15) is 0 Å². The van der Waals surface area contributed by atoms with Gasteiger partial charge in [0.1, 0.15) is 12.4 Å². The maximum absolute atomic E-state index is 5.69. The van der Waals surface area contributed by atoms with Gasteiger partial charge in [-0.3, -0.25) is 0 Å². The van der Waals surface area contributed by atoms with Crippen LogP contribution in [0.2, 0.25) is 0 Å². The van der Waals surface area contributed by atoms with Crippen LogP contribution in [0.1, 0.15) is 30.9 Å². The average molecular weight is 281 g/mol. The van der Waals surface area contributed by atoms with Gasteiger partial charge >= 0.3 is 0 Å². The van der Waals surface area contributed by atoms with Crippen LogP contribution in [0.5, 0.6) is 5.75 Å². The number of hydrogen-bond acceptors (Lipinski definition) is 2. The second-order valence-corrected chi connectivity index (χ2v) is 5.30. The van der Waals surface area contributed by atoms with E-state index in [-0.39, 0.29) is 0 Å². The van der Waals surface area contributed by atoms with Crippen molar-refractivity contribution in [3.05, 3.63) is 72.3 Å². The van der Waals surface area contributed by atoms with E-state index in [2.05, 4.69) is 56.1 Å². The monoisotopic (exact) mass is 281 g/mol. The zero-order valence-electron chi connectivity index (χ0n) is 12.8. The van der Waals surface area contributed by atoms with E-state index in [1.807, 2.05) is 18.2 Å². The van der Waals surface area contributed by atoms with E-state index < -0.39 is 0 Å². The largest absolute Gasteiger partial charge is 0.489 e. The third kappa shape index (κ3) is 4.12. The molecule has 0 radical (unpaired) electrons. The van der Waals surface area contributed by atoms with E-state index in [4.69, 9.17) is 4.74 Å². The molecule has 110 valence electrons. The average Bonchev–Trinajstić information content (AvgIpc) is 2.52. The van der Waals surface area contributed by atoms with E-state index >= 15 is 0 Å². The Labute approximate surface area is 127 Å². The van der Waals surface area contributed by atoms with Crippen LogP contribution in [0.3, 0.4) is 0 Å². The number of anilines is 1. The molecule has 0 aliphatic heterocycles. The molecule has 0 atom stereocenters. The van der Waals surface area contributed by atoms with Gasteiger partial charge in [-0.1, -0.05) is 62.9 Å². The minimum absolute atomic E-state index is 0.501. The maximum atomic E-state index is 5.69. The van der Waals surface area contributed by atoms with Crippen molar-refractivity contribution in [3.8, 4) is 5.75 Å². The molecule has 2 nitrogen and oxygen atoms in total. The molecule has 0 fully saturated rings. The molecule has 0 saturated carbocycles. The Morgan fingerprint density at radius 3 is 2.57 bits per heavy atom. The van der Waals surface area contributed by atoms with Crippen molar-refractivity contribution in [1.82, 2.24) is 0 Å². The van der Waals surface area contributed by atoms with E-state index in [1.54, 1.807) is 6.08 Å². The van der Waals surface area contributed by atoms with Gasteiger partial charge in [0.05, 0.1) is 0 Å². The van der Waals surface area contributed by atoms with Crippen molar-refractivity contribution >= 4 is 5.69 Å². The first-order valence-electron chi connectivity index (χ1n) is 7.36. The standard InChI is InChI=1S/C19H23NO/c1-4-13-21-19-12-8-5-9-16(19)14-20-18-11-7-6-10-17(18)15(2)3/h4-12,15,20H,1,13-14H2,2-3H3. The van der Waals surface area contributed by atoms with Crippen LogP contribution in [-0.4, -0.2) is 6.61 Å². The van der Waals surface area contributed by atoms with Crippen LogP contribution in [0.25, 0.3) is 0 Å². The summed E-state index contributed by atoms with van der Waals surface area (Å²) in [4.78, 5) is 0. The Bertz CT molecular complexity index is 590. The molecule has 0 amide bonds. The smallest absolute Gasteiger partial charge is 0.124 e. The highest BCUT2D eigenvalue weighted by molar-refractivity contribution is 5.53. The predicted molar refractivity (Wildman–Crippen MR) is 90.0 cm³/mol. The predicted octanol–water partition coefficient (Wildman–Crippen LogP) is 4.99. The van der Waals surface area contributed by atoms with Crippen molar-refractivity contribution in [3.63, 3.8) is 0 Å². The summed E-state index contributed by atoms with van der Waals surface area (Å²) in [6.07, 6.45) is 1.76. The molecule has 2 aromatic carbocycles. The molecule has 0 bridgehead atoms. The normalized spacial score (nSPS) is 10.4. The van der Waals surface area contributed by atoms with Gasteiger partial charge in [0.15, 0.2) is 0 Å². The van der Waals surface area contributed by atoms with Crippen molar-refractivity contribution in [2.24, 2.45) is 0 Å². The van der Waals surface area contributed by atoms with Crippen LogP contribution < -0.4 is 10.1 Å². The van der Waals surface area contributed by atoms with Gasteiger partial charge in [0.2, 0.25) is 0 Å². The molecule has 21 heavy (non-hydrogen) atoms. The van der Waals surface area contributed by atoms with E-state index in [1.165, 1.54) is 11.3 Å². The quantitative estimate of drug-likeness (QED) is 0.722. The first kappa shape index (κ1) is 15.2. The van der Waals surface area contributed by atoms with Gasteiger partial charge in [-0.15, -0.1) is 0 Å². The Morgan fingerprint density at radius 1 is 1.10 bits per heavy atom. The minimum atomic E-state index is 0.501. The third-order valence-corrected chi connectivity index (χ3v) is 3.38. The highest BCUT2D eigenvalue weighted by Crippen LogP contribution is 2.25. The lowest BCUT2D eigenvalue weighted by Crippen LogP contribution is -2.05. The molecular weight excluding hydrogens is 258 g/mol. The first-order valence-corrected chi connectivity index (χ1v) is 7.36. The van der Waals surface area contributed by atoms with Crippen LogP contribution in [0, 0.1) is 0 Å². The van der Waals surface area contributed by atoms with Gasteiger partial charge < -0.3 is 10.1 Å². The molecule has 0 aromatic heterocycles. The zero-order chi connectivity index (χ0) is 15.1. The summed E-state index contributed by atoms with van der Waals surface area (Å²) in [7, 11) is 0. The van der Waals surface area contributed by atoms with Crippen LogP contribution in [0.15, 0.2) is 61.2 Å². The Kier molecular flexibility index (Phi) is 5.44. The molecule has 0 saturated heterocycles. The maximum Gasteiger partial charge on any atom is 0.124 e. The number of hydrogen-bond donors (Lipinski definition) is 1. The van der Waals surface area contributed by atoms with E-state index in [0.29, 0.717) is 12.5 Å². The molecule has 0 heterocycles. The van der Waals surface area contributed by atoms with Crippen molar-refractivity contribution in [1.29, 1.82) is 0 Å². The first-order chi connectivity index (χ1) is 10.2. The van der Waals surface area contributed by atoms with Gasteiger partial charge in [-0.05, 0) is 23.6 Å². The van der Waals surface area contributed by atoms with Gasteiger partial charge in [-0.2, -0.15) is 0 Å². The number of rotatable bonds is 7. The molecule has 1 N–H and O–H groups in total.